The molecule has 0 radical (unpaired) electrons. The van der Waals surface area contributed by atoms with Crippen molar-refractivity contribution in [3.8, 4) is 0 Å². The molecule has 4 fully saturated rings. The van der Waals surface area contributed by atoms with Gasteiger partial charge in [0.1, 0.15) is 0 Å². The van der Waals surface area contributed by atoms with Crippen LogP contribution in [0.3, 0.4) is 0 Å². The molecule has 8 heteroatoms. The smallest absolute Gasteiger partial charge is 0.255 e. The lowest BCUT2D eigenvalue weighted by atomic mass is 9.51. The van der Waals surface area contributed by atoms with E-state index in [-0.39, 0.29) is 35.2 Å². The molecule has 1 aromatic heterocycles. The molecule has 8 nitrogen and oxygen atoms in total. The largest absolute Gasteiger partial charge is 0.351 e. The quantitative estimate of drug-likeness (QED) is 0.570. The molecule has 3 amide bonds. The minimum Gasteiger partial charge on any atom is -0.351 e. The van der Waals surface area contributed by atoms with E-state index in [0.29, 0.717) is 23.3 Å². The van der Waals surface area contributed by atoms with Crippen LogP contribution >= 0.6 is 0 Å². The molecule has 0 aromatic carbocycles. The van der Waals surface area contributed by atoms with E-state index in [9.17, 15) is 14.4 Å². The van der Waals surface area contributed by atoms with E-state index in [1.807, 2.05) is 26.1 Å². The lowest BCUT2D eigenvalue weighted by molar-refractivity contribution is -0.125. The number of aromatic nitrogens is 2. The number of carbonyl (C=O) groups excluding carboxylic acids is 3. The van der Waals surface area contributed by atoms with Crippen LogP contribution in [0, 0.1) is 17.8 Å². The molecule has 186 valence electrons. The molecule has 1 aromatic rings. The van der Waals surface area contributed by atoms with Crippen molar-refractivity contribution in [2.75, 3.05) is 0 Å². The van der Waals surface area contributed by atoms with Gasteiger partial charge in [-0.1, -0.05) is 13.8 Å². The topological polar surface area (TPSA) is 105 Å². The van der Waals surface area contributed by atoms with Crippen LogP contribution in [0.2, 0.25) is 0 Å². The lowest BCUT2D eigenvalue weighted by Crippen LogP contribution is -2.66. The van der Waals surface area contributed by atoms with Gasteiger partial charge in [0.05, 0.1) is 23.0 Å². The molecule has 0 aliphatic heterocycles. The molecular formula is C26H39N5O3. The van der Waals surface area contributed by atoms with Crippen molar-refractivity contribution in [2.45, 2.75) is 96.7 Å². The first-order chi connectivity index (χ1) is 15.9. The minimum absolute atomic E-state index is 0.0475. The summed E-state index contributed by atoms with van der Waals surface area (Å²) < 4.78 is 1.74. The summed E-state index contributed by atoms with van der Waals surface area (Å²) in [6, 6.07) is 0.142. The van der Waals surface area contributed by atoms with Gasteiger partial charge in [-0.25, -0.2) is 4.68 Å². The van der Waals surface area contributed by atoms with Crippen LogP contribution in [0.25, 0.3) is 6.20 Å². The highest BCUT2D eigenvalue weighted by Gasteiger charge is 2.56. The number of nitrogens with zero attached hydrogens (tertiary/aromatic N) is 2. The van der Waals surface area contributed by atoms with Crippen LogP contribution in [0.4, 0.5) is 0 Å². The van der Waals surface area contributed by atoms with E-state index in [0.717, 1.165) is 37.8 Å². The van der Waals surface area contributed by atoms with Crippen LogP contribution in [-0.4, -0.2) is 44.6 Å². The second kappa shape index (κ2) is 8.86. The standard InChI is InChI=1S/C26H39N5O3/c1-15(2)23-21(14-27-31(23)8-7-25(5,6)29-16(3)32)24(34)28-22-19-9-18-10-20(22)13-26(11-18,12-19)30-17(4)33/h7-8,14-15,18-20,22H,9-13H2,1-6H3,(H,28,34)(H,29,32)(H,30,33)/b8-7+. The van der Waals surface area contributed by atoms with Crippen LogP contribution < -0.4 is 16.0 Å². The molecule has 4 bridgehead atoms. The second-order valence-corrected chi connectivity index (χ2v) is 11.7. The van der Waals surface area contributed by atoms with Crippen molar-refractivity contribution in [1.82, 2.24) is 25.7 Å². The lowest BCUT2D eigenvalue weighted by Gasteiger charge is -2.60. The summed E-state index contributed by atoms with van der Waals surface area (Å²) in [7, 11) is 0. The third-order valence-electron chi connectivity index (χ3n) is 7.77. The summed E-state index contributed by atoms with van der Waals surface area (Å²) in [4.78, 5) is 36.8. The number of carbonyl (C=O) groups is 3. The Hall–Kier alpha value is -2.64. The summed E-state index contributed by atoms with van der Waals surface area (Å²) in [5.41, 5.74) is 0.843. The Kier molecular flexibility index (Phi) is 6.38. The van der Waals surface area contributed by atoms with Crippen LogP contribution in [-0.2, 0) is 9.59 Å². The summed E-state index contributed by atoms with van der Waals surface area (Å²) in [5.74, 6) is 1.41. The number of rotatable bonds is 7. The Morgan fingerprint density at radius 3 is 2.32 bits per heavy atom. The van der Waals surface area contributed by atoms with Crippen molar-refractivity contribution in [3.05, 3.63) is 23.5 Å². The molecule has 34 heavy (non-hydrogen) atoms. The Balaban J connectivity index is 1.51. The minimum atomic E-state index is -0.529. The number of nitrogens with one attached hydrogen (secondary N) is 3. The maximum atomic E-state index is 13.5. The Morgan fingerprint density at radius 2 is 1.76 bits per heavy atom. The van der Waals surface area contributed by atoms with Crippen molar-refractivity contribution in [1.29, 1.82) is 0 Å². The maximum absolute atomic E-state index is 13.5. The fourth-order valence-electron chi connectivity index (χ4n) is 7.01. The van der Waals surface area contributed by atoms with Crippen molar-refractivity contribution in [3.63, 3.8) is 0 Å². The second-order valence-electron chi connectivity index (χ2n) is 11.7. The SMILES string of the molecule is CC(=O)NC(C)(C)/C=C/n1ncc(C(=O)NC2C3CC4CC2CC(NC(C)=O)(C4)C3)c1C(C)C. The first kappa shape index (κ1) is 24.5. The van der Waals surface area contributed by atoms with E-state index in [1.165, 1.54) is 6.92 Å². The molecule has 2 atom stereocenters. The summed E-state index contributed by atoms with van der Waals surface area (Å²) in [6.07, 6.45) is 10.6. The Labute approximate surface area is 202 Å². The van der Waals surface area contributed by atoms with E-state index >= 15 is 0 Å². The number of amides is 3. The molecule has 4 aliphatic rings. The fourth-order valence-corrected chi connectivity index (χ4v) is 7.01. The molecule has 4 saturated carbocycles. The number of hydrogen-bond acceptors (Lipinski definition) is 4. The van der Waals surface area contributed by atoms with Crippen molar-refractivity contribution >= 4 is 23.9 Å². The third kappa shape index (κ3) is 4.91. The molecular weight excluding hydrogens is 430 g/mol. The number of hydrogen-bond donors (Lipinski definition) is 3. The highest BCUT2D eigenvalue weighted by atomic mass is 16.2. The molecule has 1 heterocycles. The van der Waals surface area contributed by atoms with Gasteiger partial charge in [0.2, 0.25) is 11.8 Å². The van der Waals surface area contributed by atoms with Crippen molar-refractivity contribution in [2.24, 2.45) is 17.8 Å². The molecule has 5 rings (SSSR count). The first-order valence-corrected chi connectivity index (χ1v) is 12.5. The average molecular weight is 470 g/mol. The Bertz CT molecular complexity index is 992. The van der Waals surface area contributed by atoms with Gasteiger partial charge in [0, 0.05) is 31.6 Å². The average Bonchev–Trinajstić information content (AvgIpc) is 3.11. The van der Waals surface area contributed by atoms with Crippen LogP contribution in [0.15, 0.2) is 12.3 Å². The van der Waals surface area contributed by atoms with Gasteiger partial charge in [-0.15, -0.1) is 0 Å². The van der Waals surface area contributed by atoms with Gasteiger partial charge in [-0.3, -0.25) is 14.4 Å². The molecule has 0 saturated heterocycles. The van der Waals surface area contributed by atoms with Crippen LogP contribution in [0.1, 0.15) is 95.6 Å². The summed E-state index contributed by atoms with van der Waals surface area (Å²) in [5, 5.41) is 14.0. The van der Waals surface area contributed by atoms with Gasteiger partial charge in [0.25, 0.3) is 5.91 Å². The molecule has 0 spiro atoms. The van der Waals surface area contributed by atoms with Crippen LogP contribution in [0.5, 0.6) is 0 Å². The molecule has 4 aliphatic carbocycles. The summed E-state index contributed by atoms with van der Waals surface area (Å²) in [6.45, 7) is 11.0. The Morgan fingerprint density at radius 1 is 1.12 bits per heavy atom. The zero-order valence-corrected chi connectivity index (χ0v) is 21.3. The van der Waals surface area contributed by atoms with Gasteiger partial charge >= 0.3 is 0 Å². The summed E-state index contributed by atoms with van der Waals surface area (Å²) >= 11 is 0. The fraction of sp³-hybridized carbons (Fsp3) is 0.692. The molecule has 3 N–H and O–H groups in total. The highest BCUT2D eigenvalue weighted by molar-refractivity contribution is 5.95. The third-order valence-corrected chi connectivity index (χ3v) is 7.77. The van der Waals surface area contributed by atoms with Gasteiger partial charge in [0.15, 0.2) is 0 Å². The van der Waals surface area contributed by atoms with E-state index in [4.69, 9.17) is 0 Å². The molecule has 2 unspecified atom stereocenters. The predicted octanol–water partition coefficient (Wildman–Crippen LogP) is 3.21. The monoisotopic (exact) mass is 469 g/mol. The predicted molar refractivity (Wildman–Crippen MR) is 131 cm³/mol. The normalized spacial score (nSPS) is 30.1. The highest BCUT2D eigenvalue weighted by Crippen LogP contribution is 2.55. The van der Waals surface area contributed by atoms with E-state index in [1.54, 1.807) is 17.8 Å². The first-order valence-electron chi connectivity index (χ1n) is 12.5. The van der Waals surface area contributed by atoms with Crippen molar-refractivity contribution < 1.29 is 14.4 Å². The maximum Gasteiger partial charge on any atom is 0.255 e. The van der Waals surface area contributed by atoms with E-state index in [2.05, 4.69) is 34.9 Å². The van der Waals surface area contributed by atoms with Gasteiger partial charge in [-0.05, 0) is 75.7 Å². The zero-order valence-electron chi connectivity index (χ0n) is 21.3. The van der Waals surface area contributed by atoms with Gasteiger partial charge in [-0.2, -0.15) is 5.10 Å². The van der Waals surface area contributed by atoms with Gasteiger partial charge < -0.3 is 16.0 Å². The zero-order chi connectivity index (χ0) is 24.8. The van der Waals surface area contributed by atoms with E-state index < -0.39 is 5.54 Å².